The molecule has 0 aliphatic carbocycles. The Bertz CT molecular complexity index is 391. The van der Waals surface area contributed by atoms with Crippen LogP contribution in [-0.4, -0.2) is 45.6 Å². The van der Waals surface area contributed by atoms with Gasteiger partial charge in [0.2, 0.25) is 5.88 Å². The second-order valence-corrected chi connectivity index (χ2v) is 4.48. The van der Waals surface area contributed by atoms with E-state index >= 15 is 0 Å². The van der Waals surface area contributed by atoms with E-state index in [1.54, 1.807) is 20.2 Å². The smallest absolute Gasteiger partial charge is 0.234 e. The fourth-order valence-electron chi connectivity index (χ4n) is 1.33. The summed E-state index contributed by atoms with van der Waals surface area (Å²) in [6.45, 7) is 2.18. The number of methoxy groups -OCH3 is 1. The van der Waals surface area contributed by atoms with Crippen LogP contribution in [0, 0.1) is 0 Å². The molecule has 0 spiro atoms. The Hall–Kier alpha value is -0.750. The highest BCUT2D eigenvalue weighted by Crippen LogP contribution is 2.30. The highest BCUT2D eigenvalue weighted by Gasteiger charge is 2.09. The molecule has 19 heavy (non-hydrogen) atoms. The Morgan fingerprint density at radius 1 is 1.16 bits per heavy atom. The first-order valence-corrected chi connectivity index (χ1v) is 6.68. The Labute approximate surface area is 123 Å². The van der Waals surface area contributed by atoms with Gasteiger partial charge in [-0.25, -0.2) is 0 Å². The summed E-state index contributed by atoms with van der Waals surface area (Å²) in [6.07, 6.45) is 0.861. The maximum Gasteiger partial charge on any atom is 0.234 e. The Balaban J connectivity index is 2.33. The maximum absolute atomic E-state index is 5.98. The van der Waals surface area contributed by atoms with Crippen LogP contribution in [0.1, 0.15) is 6.42 Å². The van der Waals surface area contributed by atoms with E-state index in [9.17, 15) is 0 Å². The third kappa shape index (κ3) is 5.82. The topological polar surface area (TPSA) is 52.6 Å². The summed E-state index contributed by atoms with van der Waals surface area (Å²) in [5.74, 6) is 0.873. The lowest BCUT2D eigenvalue weighted by atomic mass is 10.4. The molecule has 0 radical (unpaired) electrons. The minimum absolute atomic E-state index is 0.343. The van der Waals surface area contributed by atoms with Gasteiger partial charge in [0.15, 0.2) is 0 Å². The van der Waals surface area contributed by atoms with Crippen molar-refractivity contribution in [2.75, 3.05) is 45.9 Å². The summed E-state index contributed by atoms with van der Waals surface area (Å²) in [5, 5.41) is 3.69. The first kappa shape index (κ1) is 16.3. The molecule has 0 aliphatic heterocycles. The van der Waals surface area contributed by atoms with Crippen LogP contribution in [0.3, 0.4) is 0 Å². The predicted molar refractivity (Wildman–Crippen MR) is 76.6 cm³/mol. The van der Waals surface area contributed by atoms with E-state index < -0.39 is 0 Å². The van der Waals surface area contributed by atoms with Crippen molar-refractivity contribution >= 4 is 29.0 Å². The van der Waals surface area contributed by atoms with Gasteiger partial charge >= 0.3 is 0 Å². The van der Waals surface area contributed by atoms with Crippen molar-refractivity contribution < 1.29 is 14.2 Å². The van der Waals surface area contributed by atoms with Crippen LogP contribution in [0.4, 0.5) is 5.82 Å². The van der Waals surface area contributed by atoms with Crippen LogP contribution in [-0.2, 0) is 9.47 Å². The molecular formula is C12H18Cl2N2O3. The summed E-state index contributed by atoms with van der Waals surface area (Å²) >= 11 is 11.9. The van der Waals surface area contributed by atoms with Gasteiger partial charge in [0.1, 0.15) is 17.4 Å². The predicted octanol–water partition coefficient (Wildman–Crippen LogP) is 2.86. The van der Waals surface area contributed by atoms with Crippen LogP contribution in [0.2, 0.25) is 10.0 Å². The van der Waals surface area contributed by atoms with E-state index in [1.165, 1.54) is 0 Å². The summed E-state index contributed by atoms with van der Waals surface area (Å²) < 4.78 is 15.7. The largest absolute Gasteiger partial charge is 0.474 e. The van der Waals surface area contributed by atoms with Gasteiger partial charge in [-0.2, -0.15) is 4.98 Å². The summed E-state index contributed by atoms with van der Waals surface area (Å²) in [6, 6.07) is 1.59. The van der Waals surface area contributed by atoms with Crippen molar-refractivity contribution in [1.29, 1.82) is 0 Å². The number of anilines is 1. The molecule has 0 fully saturated rings. The quantitative estimate of drug-likeness (QED) is 0.711. The second kappa shape index (κ2) is 9.20. The first-order chi connectivity index (χ1) is 9.19. The van der Waals surface area contributed by atoms with Crippen molar-refractivity contribution in [2.24, 2.45) is 0 Å². The number of halogens is 2. The van der Waals surface area contributed by atoms with Gasteiger partial charge in [-0.1, -0.05) is 23.2 Å². The lowest BCUT2D eigenvalue weighted by Gasteiger charge is -2.10. The number of nitrogens with zero attached hydrogens (tertiary/aromatic N) is 1. The van der Waals surface area contributed by atoms with E-state index in [4.69, 9.17) is 37.4 Å². The van der Waals surface area contributed by atoms with E-state index in [0.29, 0.717) is 48.2 Å². The second-order valence-electron chi connectivity index (χ2n) is 3.66. The number of hydrogen-bond acceptors (Lipinski definition) is 5. The molecule has 108 valence electrons. The van der Waals surface area contributed by atoms with E-state index in [-0.39, 0.29) is 0 Å². The van der Waals surface area contributed by atoms with Crippen molar-refractivity contribution in [2.45, 2.75) is 6.42 Å². The zero-order valence-corrected chi connectivity index (χ0v) is 12.6. The molecule has 0 atom stereocenters. The molecule has 0 saturated heterocycles. The fraction of sp³-hybridized carbons (Fsp3) is 0.583. The molecule has 7 heteroatoms. The minimum Gasteiger partial charge on any atom is -0.474 e. The van der Waals surface area contributed by atoms with Gasteiger partial charge in [-0.15, -0.1) is 0 Å². The summed E-state index contributed by atoms with van der Waals surface area (Å²) in [4.78, 5) is 4.16. The minimum atomic E-state index is 0.343. The Morgan fingerprint density at radius 3 is 2.63 bits per heavy atom. The SMILES string of the molecule is CNc1nc(OCCOCCCOC)c(Cl)cc1Cl. The molecule has 0 bridgehead atoms. The molecule has 1 aromatic rings. The van der Waals surface area contributed by atoms with Gasteiger partial charge in [0.05, 0.1) is 11.6 Å². The normalized spacial score (nSPS) is 10.5. The lowest BCUT2D eigenvalue weighted by molar-refractivity contribution is 0.0796. The van der Waals surface area contributed by atoms with Crippen LogP contribution in [0.5, 0.6) is 5.88 Å². The molecule has 1 rings (SSSR count). The van der Waals surface area contributed by atoms with Gasteiger partial charge in [0, 0.05) is 27.4 Å². The average Bonchev–Trinajstić information content (AvgIpc) is 2.40. The molecule has 0 amide bonds. The average molecular weight is 309 g/mol. The van der Waals surface area contributed by atoms with E-state index in [2.05, 4.69) is 10.3 Å². The van der Waals surface area contributed by atoms with E-state index in [1.807, 2.05) is 0 Å². The van der Waals surface area contributed by atoms with Crippen molar-refractivity contribution in [1.82, 2.24) is 4.98 Å². The molecule has 1 aromatic heterocycles. The number of nitrogens with one attached hydrogen (secondary N) is 1. The van der Waals surface area contributed by atoms with Gasteiger partial charge in [-0.05, 0) is 12.5 Å². The monoisotopic (exact) mass is 308 g/mol. The van der Waals surface area contributed by atoms with Crippen LogP contribution < -0.4 is 10.1 Å². The summed E-state index contributed by atoms with van der Waals surface area (Å²) in [5.41, 5.74) is 0. The molecule has 0 unspecified atom stereocenters. The fourth-order valence-corrected chi connectivity index (χ4v) is 1.84. The van der Waals surface area contributed by atoms with Gasteiger partial charge < -0.3 is 19.5 Å². The zero-order valence-electron chi connectivity index (χ0n) is 11.0. The molecule has 1 heterocycles. The van der Waals surface area contributed by atoms with E-state index in [0.717, 1.165) is 6.42 Å². The van der Waals surface area contributed by atoms with Crippen molar-refractivity contribution in [3.05, 3.63) is 16.1 Å². The summed E-state index contributed by atoms with van der Waals surface area (Å²) in [7, 11) is 3.39. The number of hydrogen-bond donors (Lipinski definition) is 1. The number of rotatable bonds is 9. The molecule has 1 N–H and O–H groups in total. The van der Waals surface area contributed by atoms with Crippen LogP contribution >= 0.6 is 23.2 Å². The Morgan fingerprint density at radius 2 is 1.95 bits per heavy atom. The lowest BCUT2D eigenvalue weighted by Crippen LogP contribution is -2.10. The first-order valence-electron chi connectivity index (χ1n) is 5.92. The third-order valence-electron chi connectivity index (χ3n) is 2.24. The standard InChI is InChI=1S/C12H18Cl2N2O3/c1-15-11-9(13)8-10(14)12(16-11)19-7-6-18-5-3-4-17-2/h8H,3-7H2,1-2H3,(H,15,16). The highest BCUT2D eigenvalue weighted by molar-refractivity contribution is 6.36. The van der Waals surface area contributed by atoms with Crippen LogP contribution in [0.15, 0.2) is 6.07 Å². The third-order valence-corrected chi connectivity index (χ3v) is 2.80. The molecule has 0 saturated carbocycles. The number of ether oxygens (including phenoxy) is 3. The molecule has 5 nitrogen and oxygen atoms in total. The maximum atomic E-state index is 5.98. The molecule has 0 aliphatic rings. The van der Waals surface area contributed by atoms with Crippen LogP contribution in [0.25, 0.3) is 0 Å². The van der Waals surface area contributed by atoms with Crippen molar-refractivity contribution in [3.8, 4) is 5.88 Å². The number of pyridine rings is 1. The highest BCUT2D eigenvalue weighted by atomic mass is 35.5. The molecular weight excluding hydrogens is 291 g/mol. The van der Waals surface area contributed by atoms with Gasteiger partial charge in [-0.3, -0.25) is 0 Å². The molecule has 0 aromatic carbocycles. The Kier molecular flexibility index (Phi) is 7.90. The van der Waals surface area contributed by atoms with Crippen molar-refractivity contribution in [3.63, 3.8) is 0 Å². The van der Waals surface area contributed by atoms with Gasteiger partial charge in [0.25, 0.3) is 0 Å². The number of aromatic nitrogens is 1. The zero-order chi connectivity index (χ0) is 14.1.